The van der Waals surface area contributed by atoms with E-state index >= 15 is 0 Å². The smallest absolute Gasteiger partial charge is 0.325 e. The first-order valence-corrected chi connectivity index (χ1v) is 9.22. The molecule has 6 nitrogen and oxygen atoms in total. The molecule has 1 N–H and O–H groups in total. The number of nitrogens with zero attached hydrogens (tertiary/aromatic N) is 2. The Morgan fingerprint density at radius 2 is 2.00 bits per heavy atom. The number of hydrogen-bond acceptors (Lipinski definition) is 4. The summed E-state index contributed by atoms with van der Waals surface area (Å²) >= 11 is 1.42. The summed E-state index contributed by atoms with van der Waals surface area (Å²) in [7, 11) is 0. The number of nitrogens with one attached hydrogen (secondary N) is 1. The fraction of sp³-hybridized carbons (Fsp3) is 0.588. The van der Waals surface area contributed by atoms with Crippen LogP contribution in [0.3, 0.4) is 0 Å². The fourth-order valence-electron chi connectivity index (χ4n) is 3.70. The average Bonchev–Trinajstić information content (AvgIpc) is 3.12. The molecule has 7 heteroatoms. The summed E-state index contributed by atoms with van der Waals surface area (Å²) < 4.78 is 0. The van der Waals surface area contributed by atoms with Gasteiger partial charge in [0, 0.05) is 17.0 Å². The molecule has 2 fully saturated rings. The predicted octanol–water partition coefficient (Wildman–Crippen LogP) is 2.30. The van der Waals surface area contributed by atoms with Crippen molar-refractivity contribution >= 4 is 29.2 Å². The van der Waals surface area contributed by atoms with E-state index in [2.05, 4.69) is 5.32 Å². The van der Waals surface area contributed by atoms with Gasteiger partial charge in [-0.1, -0.05) is 6.07 Å². The second-order valence-corrected chi connectivity index (χ2v) is 7.80. The fourth-order valence-corrected chi connectivity index (χ4v) is 4.54. The van der Waals surface area contributed by atoms with Gasteiger partial charge in [0.1, 0.15) is 6.54 Å². The van der Waals surface area contributed by atoms with Crippen LogP contribution in [0.4, 0.5) is 4.79 Å². The molecule has 0 aliphatic carbocycles. The van der Waals surface area contributed by atoms with Crippen LogP contribution in [0.15, 0.2) is 17.5 Å². The van der Waals surface area contributed by atoms with E-state index in [0.717, 1.165) is 29.0 Å². The molecule has 0 radical (unpaired) electrons. The number of amides is 4. The first-order chi connectivity index (χ1) is 11.3. The summed E-state index contributed by atoms with van der Waals surface area (Å²) in [5, 5.41) is 4.61. The highest BCUT2D eigenvalue weighted by Gasteiger charge is 2.50. The van der Waals surface area contributed by atoms with Crippen molar-refractivity contribution in [3.8, 4) is 0 Å². The van der Waals surface area contributed by atoms with Gasteiger partial charge in [-0.2, -0.15) is 0 Å². The summed E-state index contributed by atoms with van der Waals surface area (Å²) in [5.74, 6) is -0.519. The van der Waals surface area contributed by atoms with Crippen LogP contribution >= 0.6 is 11.3 Å². The molecule has 4 amide bonds. The minimum absolute atomic E-state index is 0.144. The van der Waals surface area contributed by atoms with Gasteiger partial charge in [-0.05, 0) is 51.5 Å². The van der Waals surface area contributed by atoms with Gasteiger partial charge < -0.3 is 10.2 Å². The van der Waals surface area contributed by atoms with Crippen molar-refractivity contribution in [2.45, 2.75) is 57.7 Å². The SMILES string of the molecule is CC1CCCC(C)N1C(=O)CN1C(=O)NC(C)(c2cccs2)C1=O. The first-order valence-electron chi connectivity index (χ1n) is 8.34. The van der Waals surface area contributed by atoms with Crippen molar-refractivity contribution in [1.82, 2.24) is 15.1 Å². The molecule has 0 saturated carbocycles. The van der Waals surface area contributed by atoms with Gasteiger partial charge in [0.15, 0.2) is 5.54 Å². The predicted molar refractivity (Wildman–Crippen MR) is 91.5 cm³/mol. The van der Waals surface area contributed by atoms with Gasteiger partial charge in [-0.25, -0.2) is 4.79 Å². The molecule has 3 rings (SSSR count). The minimum atomic E-state index is -1.08. The number of rotatable bonds is 3. The number of imide groups is 1. The Bertz CT molecular complexity index is 650. The van der Waals surface area contributed by atoms with E-state index in [4.69, 9.17) is 0 Å². The van der Waals surface area contributed by atoms with Crippen LogP contribution in [-0.2, 0) is 15.1 Å². The molecule has 3 heterocycles. The van der Waals surface area contributed by atoms with Crippen molar-refractivity contribution in [3.63, 3.8) is 0 Å². The van der Waals surface area contributed by atoms with E-state index in [9.17, 15) is 14.4 Å². The van der Waals surface area contributed by atoms with Crippen LogP contribution in [0.2, 0.25) is 0 Å². The zero-order chi connectivity index (χ0) is 17.5. The highest BCUT2D eigenvalue weighted by atomic mass is 32.1. The molecule has 3 atom stereocenters. The Kier molecular flexibility index (Phi) is 4.38. The van der Waals surface area contributed by atoms with Crippen LogP contribution in [0, 0.1) is 0 Å². The van der Waals surface area contributed by atoms with Crippen LogP contribution in [0.25, 0.3) is 0 Å². The number of thiophene rings is 1. The van der Waals surface area contributed by atoms with Gasteiger partial charge >= 0.3 is 6.03 Å². The Morgan fingerprint density at radius 3 is 2.58 bits per heavy atom. The molecular formula is C17H23N3O3S. The second kappa shape index (κ2) is 6.20. The molecular weight excluding hydrogens is 326 g/mol. The van der Waals surface area contributed by atoms with E-state index in [0.29, 0.717) is 0 Å². The molecule has 1 aromatic heterocycles. The maximum Gasteiger partial charge on any atom is 0.325 e. The maximum atomic E-state index is 12.8. The van der Waals surface area contributed by atoms with Gasteiger partial charge in [-0.15, -0.1) is 11.3 Å². The zero-order valence-electron chi connectivity index (χ0n) is 14.2. The van der Waals surface area contributed by atoms with Crippen LogP contribution in [0.1, 0.15) is 44.9 Å². The van der Waals surface area contributed by atoms with Crippen molar-refractivity contribution < 1.29 is 14.4 Å². The first kappa shape index (κ1) is 17.0. The Labute approximate surface area is 145 Å². The van der Waals surface area contributed by atoms with Gasteiger partial charge in [0.2, 0.25) is 5.91 Å². The summed E-state index contributed by atoms with van der Waals surface area (Å²) in [6.07, 6.45) is 3.03. The summed E-state index contributed by atoms with van der Waals surface area (Å²) in [6.45, 7) is 5.54. The van der Waals surface area contributed by atoms with Crippen molar-refractivity contribution in [1.29, 1.82) is 0 Å². The summed E-state index contributed by atoms with van der Waals surface area (Å²) in [6, 6.07) is 3.45. The van der Waals surface area contributed by atoms with Gasteiger partial charge in [0.05, 0.1) is 0 Å². The lowest BCUT2D eigenvalue weighted by atomic mass is 9.97. The normalized spacial score (nSPS) is 30.6. The molecule has 0 spiro atoms. The van der Waals surface area contributed by atoms with E-state index < -0.39 is 11.6 Å². The molecule has 130 valence electrons. The average molecular weight is 349 g/mol. The number of carbonyl (C=O) groups is 3. The quantitative estimate of drug-likeness (QED) is 0.851. The minimum Gasteiger partial charge on any atom is -0.336 e. The molecule has 2 aliphatic heterocycles. The largest absolute Gasteiger partial charge is 0.336 e. The standard InChI is InChI=1S/C17H23N3O3S/c1-11-6-4-7-12(2)20(11)14(21)10-19-15(22)17(3,18-16(19)23)13-8-5-9-24-13/h5,8-9,11-12H,4,6-7,10H2,1-3H3,(H,18,23). The number of piperidine rings is 1. The monoisotopic (exact) mass is 349 g/mol. The molecule has 0 bridgehead atoms. The number of hydrogen-bond donors (Lipinski definition) is 1. The van der Waals surface area contributed by atoms with E-state index in [-0.39, 0.29) is 30.4 Å². The van der Waals surface area contributed by atoms with Gasteiger partial charge in [-0.3, -0.25) is 14.5 Å². The molecule has 3 unspecified atom stereocenters. The Balaban J connectivity index is 1.77. The third-order valence-corrected chi connectivity index (χ3v) is 6.16. The van der Waals surface area contributed by atoms with E-state index in [1.807, 2.05) is 36.3 Å². The number of urea groups is 1. The molecule has 0 aromatic carbocycles. The molecule has 2 saturated heterocycles. The van der Waals surface area contributed by atoms with Crippen molar-refractivity contribution in [2.24, 2.45) is 0 Å². The lowest BCUT2D eigenvalue weighted by Crippen LogP contribution is -2.52. The van der Waals surface area contributed by atoms with Gasteiger partial charge in [0.25, 0.3) is 5.91 Å². The highest BCUT2D eigenvalue weighted by molar-refractivity contribution is 7.10. The second-order valence-electron chi connectivity index (χ2n) is 6.85. The van der Waals surface area contributed by atoms with Crippen LogP contribution < -0.4 is 5.32 Å². The number of likely N-dealkylation sites (tertiary alicyclic amines) is 1. The van der Waals surface area contributed by atoms with Crippen molar-refractivity contribution in [3.05, 3.63) is 22.4 Å². The zero-order valence-corrected chi connectivity index (χ0v) is 15.1. The Morgan fingerprint density at radius 1 is 1.33 bits per heavy atom. The Hall–Kier alpha value is -1.89. The van der Waals surface area contributed by atoms with Crippen LogP contribution in [-0.4, -0.2) is 46.3 Å². The third kappa shape index (κ3) is 2.70. The third-order valence-electron chi connectivity index (χ3n) is 5.06. The lowest BCUT2D eigenvalue weighted by molar-refractivity contribution is -0.142. The van der Waals surface area contributed by atoms with E-state index in [1.165, 1.54) is 11.3 Å². The van der Waals surface area contributed by atoms with Crippen molar-refractivity contribution in [2.75, 3.05) is 6.54 Å². The molecule has 2 aliphatic rings. The molecule has 1 aromatic rings. The summed E-state index contributed by atoms with van der Waals surface area (Å²) in [4.78, 5) is 41.5. The lowest BCUT2D eigenvalue weighted by Gasteiger charge is -2.39. The topological polar surface area (TPSA) is 69.7 Å². The highest BCUT2D eigenvalue weighted by Crippen LogP contribution is 2.32. The number of carbonyl (C=O) groups excluding carboxylic acids is 3. The van der Waals surface area contributed by atoms with Crippen LogP contribution in [0.5, 0.6) is 0 Å². The maximum absolute atomic E-state index is 12.8. The summed E-state index contributed by atoms with van der Waals surface area (Å²) in [5.41, 5.74) is -1.08. The molecule has 24 heavy (non-hydrogen) atoms. The van der Waals surface area contributed by atoms with E-state index in [1.54, 1.807) is 6.92 Å².